The summed E-state index contributed by atoms with van der Waals surface area (Å²) in [4.78, 5) is 0. The van der Waals surface area contributed by atoms with Gasteiger partial charge in [0.2, 0.25) is 0 Å². The molecule has 0 amide bonds. The summed E-state index contributed by atoms with van der Waals surface area (Å²) in [5.74, 6) is 0. The Morgan fingerprint density at radius 2 is 0.698 bits per heavy atom. The maximum absolute atomic E-state index is 2.44. The Hall–Kier alpha value is -6.50. The highest BCUT2D eigenvalue weighted by Crippen LogP contribution is 2.52. The van der Waals surface area contributed by atoms with E-state index in [1.807, 2.05) is 0 Å². The van der Waals surface area contributed by atoms with Gasteiger partial charge in [-0.05, 0) is 134 Å². The van der Waals surface area contributed by atoms with Crippen molar-refractivity contribution in [1.82, 2.24) is 0 Å². The number of rotatable bonds is 3. The van der Waals surface area contributed by atoms with E-state index in [4.69, 9.17) is 0 Å². The van der Waals surface area contributed by atoms with E-state index in [9.17, 15) is 0 Å². The molecule has 0 nitrogen and oxygen atoms in total. The monoisotopic (exact) mass is 672 g/mol. The van der Waals surface area contributed by atoms with Crippen molar-refractivity contribution in [2.45, 2.75) is 19.3 Å². The van der Waals surface area contributed by atoms with Gasteiger partial charge in [0.1, 0.15) is 0 Å². The van der Waals surface area contributed by atoms with Gasteiger partial charge in [0.15, 0.2) is 0 Å². The summed E-state index contributed by atoms with van der Waals surface area (Å²) in [6, 6.07) is 67.9. The topological polar surface area (TPSA) is 0 Å². The fraction of sp³-hybridized carbons (Fsp3) is 0.0566. The van der Waals surface area contributed by atoms with Crippen LogP contribution in [0.2, 0.25) is 0 Å². The standard InChI is InChI=1S/C53H36/c1-53(2)48-28-26-34-12-5-6-14-42(34)52(48)47-27-25-39(32-49(47)53)37-20-21-38-31-41(24-22-36(38)29-37)51-45-17-9-7-15-43(45)50(44-16-8-10-18-46(44)51)40-23-19-33-11-3-4-13-35(33)30-40/h3-32H,1-2H3. The highest BCUT2D eigenvalue weighted by Gasteiger charge is 2.36. The molecule has 0 bridgehead atoms. The lowest BCUT2D eigenvalue weighted by atomic mass is 9.81. The van der Waals surface area contributed by atoms with Crippen LogP contribution in [0.1, 0.15) is 25.0 Å². The van der Waals surface area contributed by atoms with Crippen molar-refractivity contribution in [3.05, 3.63) is 193 Å². The van der Waals surface area contributed by atoms with Crippen LogP contribution >= 0.6 is 0 Å². The predicted octanol–water partition coefficient (Wildman–Crippen LogP) is 14.8. The lowest BCUT2D eigenvalue weighted by Crippen LogP contribution is -2.15. The molecule has 0 heterocycles. The lowest BCUT2D eigenvalue weighted by Gasteiger charge is -2.22. The SMILES string of the molecule is CC1(C)c2cc(-c3ccc4cc(-c5c6ccccc6c(-c6ccc7ccccc7c6)c6ccccc56)ccc4c3)ccc2-c2c1ccc1ccccc21. The zero-order valence-electron chi connectivity index (χ0n) is 29.8. The van der Waals surface area contributed by atoms with Crippen LogP contribution in [0.4, 0.5) is 0 Å². The lowest BCUT2D eigenvalue weighted by molar-refractivity contribution is 0.661. The van der Waals surface area contributed by atoms with Crippen LogP contribution in [0.25, 0.3) is 98.4 Å². The van der Waals surface area contributed by atoms with Crippen LogP contribution in [-0.2, 0) is 5.41 Å². The van der Waals surface area contributed by atoms with Gasteiger partial charge in [-0.1, -0.05) is 172 Å². The maximum Gasteiger partial charge on any atom is 0.0159 e. The molecule has 0 spiro atoms. The van der Waals surface area contributed by atoms with E-state index >= 15 is 0 Å². The molecular formula is C53H36. The van der Waals surface area contributed by atoms with Gasteiger partial charge in [0, 0.05) is 5.41 Å². The molecule has 0 fully saturated rings. The molecule has 0 unspecified atom stereocenters. The van der Waals surface area contributed by atoms with Crippen LogP contribution < -0.4 is 0 Å². The molecule has 0 heteroatoms. The Balaban J connectivity index is 1.03. The van der Waals surface area contributed by atoms with Gasteiger partial charge >= 0.3 is 0 Å². The minimum atomic E-state index is -0.0636. The van der Waals surface area contributed by atoms with Gasteiger partial charge in [-0.2, -0.15) is 0 Å². The second-order valence-electron chi connectivity index (χ2n) is 15.3. The number of fused-ring (bicyclic) bond motifs is 9. The van der Waals surface area contributed by atoms with Gasteiger partial charge < -0.3 is 0 Å². The van der Waals surface area contributed by atoms with E-state index in [0.717, 1.165) is 0 Å². The van der Waals surface area contributed by atoms with Crippen molar-refractivity contribution >= 4 is 53.9 Å². The summed E-state index contributed by atoms with van der Waals surface area (Å²) < 4.78 is 0. The number of hydrogen-bond donors (Lipinski definition) is 0. The van der Waals surface area contributed by atoms with Crippen LogP contribution in [0, 0.1) is 0 Å². The Labute approximate surface area is 309 Å². The first-order valence-corrected chi connectivity index (χ1v) is 18.7. The van der Waals surface area contributed by atoms with E-state index in [2.05, 4.69) is 196 Å². The predicted molar refractivity (Wildman–Crippen MR) is 228 cm³/mol. The van der Waals surface area contributed by atoms with E-state index in [-0.39, 0.29) is 5.41 Å². The fourth-order valence-electron chi connectivity index (χ4n) is 9.36. The smallest absolute Gasteiger partial charge is 0.0159 e. The summed E-state index contributed by atoms with van der Waals surface area (Å²) in [7, 11) is 0. The van der Waals surface area contributed by atoms with Crippen molar-refractivity contribution in [3.63, 3.8) is 0 Å². The van der Waals surface area contributed by atoms with Crippen molar-refractivity contribution < 1.29 is 0 Å². The first-order valence-electron chi connectivity index (χ1n) is 18.7. The molecule has 0 radical (unpaired) electrons. The number of hydrogen-bond acceptors (Lipinski definition) is 0. The zero-order valence-corrected chi connectivity index (χ0v) is 29.8. The average Bonchev–Trinajstić information content (AvgIpc) is 3.44. The quantitative estimate of drug-likeness (QED) is 0.164. The number of benzene rings is 10. The van der Waals surface area contributed by atoms with Crippen LogP contribution in [-0.4, -0.2) is 0 Å². The Morgan fingerprint density at radius 3 is 1.32 bits per heavy atom. The molecular weight excluding hydrogens is 637 g/mol. The minimum absolute atomic E-state index is 0.0636. The Morgan fingerprint density at radius 1 is 0.283 bits per heavy atom. The third-order valence-electron chi connectivity index (χ3n) is 12.0. The molecule has 0 aromatic heterocycles. The third kappa shape index (κ3) is 4.49. The Bertz CT molecular complexity index is 3080. The van der Waals surface area contributed by atoms with E-state index in [1.165, 1.54) is 109 Å². The molecule has 0 atom stereocenters. The summed E-state index contributed by atoms with van der Waals surface area (Å²) in [6.07, 6.45) is 0. The minimum Gasteiger partial charge on any atom is -0.0616 e. The summed E-state index contributed by atoms with van der Waals surface area (Å²) >= 11 is 0. The van der Waals surface area contributed by atoms with Crippen molar-refractivity contribution in [2.75, 3.05) is 0 Å². The summed E-state index contributed by atoms with van der Waals surface area (Å²) in [5, 5.41) is 12.8. The molecule has 0 aliphatic heterocycles. The van der Waals surface area contributed by atoms with Gasteiger partial charge in [-0.15, -0.1) is 0 Å². The molecule has 10 aromatic rings. The maximum atomic E-state index is 2.44. The summed E-state index contributed by atoms with van der Waals surface area (Å²) in [5.41, 5.74) is 13.1. The second-order valence-corrected chi connectivity index (χ2v) is 15.3. The molecule has 53 heavy (non-hydrogen) atoms. The van der Waals surface area contributed by atoms with Crippen molar-refractivity contribution in [3.8, 4) is 44.5 Å². The van der Waals surface area contributed by atoms with Gasteiger partial charge in [0.25, 0.3) is 0 Å². The molecule has 0 saturated heterocycles. The highest BCUT2D eigenvalue weighted by atomic mass is 14.4. The van der Waals surface area contributed by atoms with Gasteiger partial charge in [-0.3, -0.25) is 0 Å². The average molecular weight is 673 g/mol. The molecule has 248 valence electrons. The van der Waals surface area contributed by atoms with Crippen LogP contribution in [0.15, 0.2) is 182 Å². The molecule has 0 N–H and O–H groups in total. The van der Waals surface area contributed by atoms with Crippen molar-refractivity contribution in [1.29, 1.82) is 0 Å². The first kappa shape index (κ1) is 30.2. The molecule has 1 aliphatic rings. The Kier molecular flexibility index (Phi) is 6.40. The first-order chi connectivity index (χ1) is 26.0. The van der Waals surface area contributed by atoms with E-state index in [0.29, 0.717) is 0 Å². The third-order valence-corrected chi connectivity index (χ3v) is 12.0. The van der Waals surface area contributed by atoms with Gasteiger partial charge in [-0.25, -0.2) is 0 Å². The van der Waals surface area contributed by atoms with Crippen LogP contribution in [0.5, 0.6) is 0 Å². The largest absolute Gasteiger partial charge is 0.0616 e. The molecule has 1 aliphatic carbocycles. The van der Waals surface area contributed by atoms with E-state index in [1.54, 1.807) is 0 Å². The fourth-order valence-corrected chi connectivity index (χ4v) is 9.36. The molecule has 11 rings (SSSR count). The van der Waals surface area contributed by atoms with E-state index < -0.39 is 0 Å². The molecule has 10 aromatic carbocycles. The zero-order chi connectivity index (χ0) is 35.3. The normalized spacial score (nSPS) is 13.2. The second kappa shape index (κ2) is 11.2. The van der Waals surface area contributed by atoms with Gasteiger partial charge in [0.05, 0.1) is 0 Å². The van der Waals surface area contributed by atoms with Crippen molar-refractivity contribution in [2.24, 2.45) is 0 Å². The van der Waals surface area contributed by atoms with Crippen LogP contribution in [0.3, 0.4) is 0 Å². The highest BCUT2D eigenvalue weighted by molar-refractivity contribution is 6.22. The molecule has 0 saturated carbocycles. The summed E-state index contributed by atoms with van der Waals surface area (Å²) in [6.45, 7) is 4.75.